The standard InChI is InChI=1S/C33H66O8/c1-2-3-4-5-6-7-8-9-10-11-12-13-14-15-16-17-18-19-20-21-22-23-24-39-26-28(35)27-40-32-31(37)30(36)29(25-34)41-33(32)38/h28-38H,2-27H2,1H3/t28?,29-,30+,31+,32-,33-/m1/s1. The molecule has 0 aliphatic carbocycles. The highest BCUT2D eigenvalue weighted by molar-refractivity contribution is 4.89. The van der Waals surface area contributed by atoms with Gasteiger partial charge in [-0.25, -0.2) is 0 Å². The maximum Gasteiger partial charge on any atom is 0.184 e. The summed E-state index contributed by atoms with van der Waals surface area (Å²) in [7, 11) is 0. The molecule has 1 rings (SSSR count). The first-order valence-corrected chi connectivity index (χ1v) is 17.2. The molecule has 8 nitrogen and oxygen atoms in total. The lowest BCUT2D eigenvalue weighted by atomic mass is 9.99. The second-order valence-corrected chi connectivity index (χ2v) is 12.2. The van der Waals surface area contributed by atoms with Gasteiger partial charge in [0.15, 0.2) is 6.29 Å². The first-order chi connectivity index (χ1) is 20.0. The minimum atomic E-state index is -1.50. The van der Waals surface area contributed by atoms with Crippen LogP contribution < -0.4 is 0 Å². The Morgan fingerprint density at radius 1 is 0.585 bits per heavy atom. The average molecular weight is 591 g/mol. The smallest absolute Gasteiger partial charge is 0.184 e. The van der Waals surface area contributed by atoms with Crippen LogP contribution in [0.4, 0.5) is 0 Å². The predicted molar refractivity (Wildman–Crippen MR) is 164 cm³/mol. The minimum absolute atomic E-state index is 0.0981. The van der Waals surface area contributed by atoms with E-state index in [1.807, 2.05) is 0 Å². The van der Waals surface area contributed by atoms with E-state index in [1.54, 1.807) is 0 Å². The molecule has 1 fully saturated rings. The summed E-state index contributed by atoms with van der Waals surface area (Å²) < 4.78 is 15.9. The summed E-state index contributed by atoms with van der Waals surface area (Å²) in [6, 6.07) is 0. The highest BCUT2D eigenvalue weighted by Crippen LogP contribution is 2.22. The van der Waals surface area contributed by atoms with Crippen LogP contribution in [-0.2, 0) is 14.2 Å². The van der Waals surface area contributed by atoms with Gasteiger partial charge in [-0.2, -0.15) is 0 Å². The summed E-state index contributed by atoms with van der Waals surface area (Å²) in [6.07, 6.45) is 22.4. The van der Waals surface area contributed by atoms with Gasteiger partial charge < -0.3 is 39.7 Å². The number of aliphatic hydroxyl groups excluding tert-OH is 5. The van der Waals surface area contributed by atoms with E-state index in [2.05, 4.69) is 6.92 Å². The molecule has 1 unspecified atom stereocenters. The Kier molecular flexibility index (Phi) is 25.7. The monoisotopic (exact) mass is 590 g/mol. The third-order valence-electron chi connectivity index (χ3n) is 8.28. The molecular formula is C33H66O8. The van der Waals surface area contributed by atoms with Crippen molar-refractivity contribution in [3.63, 3.8) is 0 Å². The molecule has 1 aliphatic heterocycles. The Morgan fingerprint density at radius 3 is 1.41 bits per heavy atom. The van der Waals surface area contributed by atoms with Crippen molar-refractivity contribution in [2.24, 2.45) is 0 Å². The van der Waals surface area contributed by atoms with Crippen molar-refractivity contribution >= 4 is 0 Å². The van der Waals surface area contributed by atoms with E-state index in [0.717, 1.165) is 12.8 Å². The van der Waals surface area contributed by atoms with Crippen LogP contribution in [0.3, 0.4) is 0 Å². The van der Waals surface area contributed by atoms with Crippen molar-refractivity contribution in [1.82, 2.24) is 0 Å². The Balaban J connectivity index is 1.78. The van der Waals surface area contributed by atoms with Gasteiger partial charge in [0.25, 0.3) is 0 Å². The molecule has 0 spiro atoms. The Bertz CT molecular complexity index is 551. The van der Waals surface area contributed by atoms with Crippen molar-refractivity contribution < 1.29 is 39.7 Å². The molecule has 41 heavy (non-hydrogen) atoms. The van der Waals surface area contributed by atoms with Gasteiger partial charge in [-0.05, 0) is 6.42 Å². The summed E-state index contributed by atoms with van der Waals surface area (Å²) in [5.41, 5.74) is 0. The molecule has 0 bridgehead atoms. The van der Waals surface area contributed by atoms with Crippen LogP contribution in [0.2, 0.25) is 0 Å². The number of aliphatic hydroxyl groups is 5. The predicted octanol–water partition coefficient (Wildman–Crippen LogP) is 5.78. The van der Waals surface area contributed by atoms with Crippen LogP contribution in [0.15, 0.2) is 0 Å². The topological polar surface area (TPSA) is 129 Å². The van der Waals surface area contributed by atoms with E-state index in [0.29, 0.717) is 6.61 Å². The lowest BCUT2D eigenvalue weighted by Gasteiger charge is -2.40. The molecular weight excluding hydrogens is 524 g/mol. The second-order valence-electron chi connectivity index (χ2n) is 12.2. The van der Waals surface area contributed by atoms with Gasteiger partial charge in [0.1, 0.15) is 30.5 Å². The SMILES string of the molecule is CCCCCCCCCCCCCCCCCCCCCCCCOCC(O)CO[C@@H]1[C@@H](O)[C@@H](O)[C@@H](CO)O[C@H]1O. The zero-order valence-corrected chi connectivity index (χ0v) is 26.3. The molecule has 246 valence electrons. The van der Waals surface area contributed by atoms with E-state index < -0.39 is 43.4 Å². The van der Waals surface area contributed by atoms with E-state index in [9.17, 15) is 20.4 Å². The third kappa shape index (κ3) is 20.3. The molecule has 0 saturated carbocycles. The first-order valence-electron chi connectivity index (χ1n) is 17.2. The average Bonchev–Trinajstić information content (AvgIpc) is 2.97. The highest BCUT2D eigenvalue weighted by Gasteiger charge is 2.44. The van der Waals surface area contributed by atoms with Crippen LogP contribution in [0.25, 0.3) is 0 Å². The number of hydrogen-bond donors (Lipinski definition) is 5. The molecule has 6 atom stereocenters. The molecule has 1 saturated heterocycles. The largest absolute Gasteiger partial charge is 0.394 e. The Labute approximate surface area is 251 Å². The normalized spacial score (nSPS) is 23.7. The molecule has 0 aromatic carbocycles. The van der Waals surface area contributed by atoms with Crippen molar-refractivity contribution in [1.29, 1.82) is 0 Å². The van der Waals surface area contributed by atoms with Crippen LogP contribution in [0.1, 0.15) is 148 Å². The van der Waals surface area contributed by atoms with E-state index in [4.69, 9.17) is 19.3 Å². The van der Waals surface area contributed by atoms with Gasteiger partial charge in [-0.3, -0.25) is 0 Å². The maximum atomic E-state index is 10.1. The van der Waals surface area contributed by atoms with Gasteiger partial charge >= 0.3 is 0 Å². The minimum Gasteiger partial charge on any atom is -0.394 e. The second kappa shape index (κ2) is 27.2. The van der Waals surface area contributed by atoms with Crippen molar-refractivity contribution in [3.05, 3.63) is 0 Å². The number of rotatable bonds is 29. The fourth-order valence-electron chi connectivity index (χ4n) is 5.55. The number of ether oxygens (including phenoxy) is 3. The number of unbranched alkanes of at least 4 members (excludes halogenated alkanes) is 21. The quantitative estimate of drug-likeness (QED) is 0.0693. The van der Waals surface area contributed by atoms with E-state index >= 15 is 0 Å². The summed E-state index contributed by atoms with van der Waals surface area (Å²) >= 11 is 0. The lowest BCUT2D eigenvalue weighted by Crippen LogP contribution is -2.59. The molecule has 1 aliphatic rings. The van der Waals surface area contributed by atoms with Gasteiger partial charge in [0.2, 0.25) is 0 Å². The zero-order chi connectivity index (χ0) is 30.0. The van der Waals surface area contributed by atoms with Crippen LogP contribution >= 0.6 is 0 Å². The van der Waals surface area contributed by atoms with Gasteiger partial charge in [-0.1, -0.05) is 142 Å². The van der Waals surface area contributed by atoms with Crippen LogP contribution in [0, 0.1) is 0 Å². The molecule has 0 radical (unpaired) electrons. The van der Waals surface area contributed by atoms with Crippen LogP contribution in [0.5, 0.6) is 0 Å². The fourth-order valence-corrected chi connectivity index (χ4v) is 5.55. The van der Waals surface area contributed by atoms with E-state index in [-0.39, 0.29) is 13.2 Å². The van der Waals surface area contributed by atoms with Crippen LogP contribution in [-0.4, -0.2) is 88.8 Å². The number of hydrogen-bond acceptors (Lipinski definition) is 8. The van der Waals surface area contributed by atoms with Gasteiger partial charge in [0, 0.05) is 6.61 Å². The fraction of sp³-hybridized carbons (Fsp3) is 1.00. The Morgan fingerprint density at radius 2 is 1.00 bits per heavy atom. The zero-order valence-electron chi connectivity index (χ0n) is 26.3. The van der Waals surface area contributed by atoms with Gasteiger partial charge in [0.05, 0.1) is 19.8 Å². The van der Waals surface area contributed by atoms with Crippen molar-refractivity contribution in [2.45, 2.75) is 185 Å². The third-order valence-corrected chi connectivity index (χ3v) is 8.28. The highest BCUT2D eigenvalue weighted by atomic mass is 16.7. The Hall–Kier alpha value is -0.320. The van der Waals surface area contributed by atoms with Crippen molar-refractivity contribution in [2.75, 3.05) is 26.4 Å². The summed E-state index contributed by atoms with van der Waals surface area (Å²) in [5.74, 6) is 0. The van der Waals surface area contributed by atoms with Crippen molar-refractivity contribution in [3.8, 4) is 0 Å². The molecule has 0 aromatic rings. The van der Waals surface area contributed by atoms with E-state index in [1.165, 1.54) is 128 Å². The molecule has 8 heteroatoms. The maximum absolute atomic E-state index is 10.1. The van der Waals surface area contributed by atoms with Gasteiger partial charge in [-0.15, -0.1) is 0 Å². The summed E-state index contributed by atoms with van der Waals surface area (Å²) in [6.45, 7) is 2.26. The molecule has 5 N–H and O–H groups in total. The first kappa shape index (κ1) is 38.7. The summed E-state index contributed by atoms with van der Waals surface area (Å²) in [5, 5.41) is 49.0. The lowest BCUT2D eigenvalue weighted by molar-refractivity contribution is -0.299. The molecule has 0 amide bonds. The molecule has 1 heterocycles. The molecule has 0 aromatic heterocycles. The summed E-state index contributed by atoms with van der Waals surface area (Å²) in [4.78, 5) is 0.